The molecule has 0 spiro atoms. The third kappa shape index (κ3) is 2.83. The number of morpholine rings is 1. The predicted molar refractivity (Wildman–Crippen MR) is 111 cm³/mol. The Hall–Kier alpha value is -2.24. The number of ether oxygens (including phenoxy) is 1. The number of hydrogen-bond donors (Lipinski definition) is 1. The molecule has 5 rings (SSSR count). The highest BCUT2D eigenvalue weighted by molar-refractivity contribution is 7.92. The fraction of sp³-hybridized carbons (Fsp3) is 0.474. The van der Waals surface area contributed by atoms with E-state index in [4.69, 9.17) is 4.74 Å². The van der Waals surface area contributed by atoms with Gasteiger partial charge in [0.2, 0.25) is 0 Å². The molecule has 0 unspecified atom stereocenters. The van der Waals surface area contributed by atoms with E-state index in [1.165, 1.54) is 0 Å². The van der Waals surface area contributed by atoms with Gasteiger partial charge in [0.25, 0.3) is 10.0 Å². The second-order valence-corrected chi connectivity index (χ2v) is 12.0. The summed E-state index contributed by atoms with van der Waals surface area (Å²) in [6.07, 6.45) is 3.61. The van der Waals surface area contributed by atoms with Gasteiger partial charge in [-0.25, -0.2) is 13.4 Å². The first kappa shape index (κ1) is 19.7. The lowest BCUT2D eigenvalue weighted by Gasteiger charge is -2.35. The molecule has 0 amide bonds. The lowest BCUT2D eigenvalue weighted by molar-refractivity contribution is 0.0985. The lowest BCUT2D eigenvalue weighted by atomic mass is 10.1. The summed E-state index contributed by atoms with van der Waals surface area (Å²) < 4.78 is 59.8. The van der Waals surface area contributed by atoms with Crippen molar-refractivity contribution in [2.24, 2.45) is 4.40 Å². The zero-order chi connectivity index (χ0) is 21.3. The summed E-state index contributed by atoms with van der Waals surface area (Å²) in [5, 5.41) is 0. The molecule has 0 bridgehead atoms. The Morgan fingerprint density at radius 2 is 2.10 bits per heavy atom. The summed E-state index contributed by atoms with van der Waals surface area (Å²) in [6.45, 7) is 3.61. The molecule has 2 aliphatic heterocycles. The number of hydrogen-bond acceptors (Lipinski definition) is 7. The summed E-state index contributed by atoms with van der Waals surface area (Å²) in [5.41, 5.74) is 1.23. The van der Waals surface area contributed by atoms with Crippen molar-refractivity contribution in [3.8, 4) is 0 Å². The van der Waals surface area contributed by atoms with E-state index in [1.807, 2.05) is 11.8 Å². The number of pyridine rings is 1. The molecule has 1 saturated heterocycles. The molecule has 1 N–H and O–H groups in total. The summed E-state index contributed by atoms with van der Waals surface area (Å²) >= 11 is 0. The highest BCUT2D eigenvalue weighted by atomic mass is 32.2. The second kappa shape index (κ2) is 6.38. The van der Waals surface area contributed by atoms with Crippen molar-refractivity contribution < 1.29 is 21.6 Å². The largest absolute Gasteiger partial charge is 0.377 e. The van der Waals surface area contributed by atoms with Crippen molar-refractivity contribution in [2.75, 3.05) is 30.9 Å². The van der Waals surface area contributed by atoms with Crippen LogP contribution in [-0.2, 0) is 29.3 Å². The van der Waals surface area contributed by atoms with Crippen molar-refractivity contribution >= 4 is 31.4 Å². The number of anilines is 1. The van der Waals surface area contributed by atoms with E-state index in [0.717, 1.165) is 6.26 Å². The number of sulfonamides is 1. The van der Waals surface area contributed by atoms with Crippen LogP contribution in [0.25, 0.3) is 0 Å². The Bertz CT molecular complexity index is 1260. The van der Waals surface area contributed by atoms with Crippen molar-refractivity contribution in [2.45, 2.75) is 35.4 Å². The third-order valence-electron chi connectivity index (χ3n) is 6.07. The molecule has 1 atom stereocenters. The van der Waals surface area contributed by atoms with Gasteiger partial charge < -0.3 is 14.6 Å². The number of H-pyrrole nitrogens is 1. The Labute approximate surface area is 175 Å². The molecule has 0 aromatic carbocycles. The summed E-state index contributed by atoms with van der Waals surface area (Å²) in [6, 6.07) is 5.13. The maximum absolute atomic E-state index is 13.1. The Balaban J connectivity index is 1.79. The van der Waals surface area contributed by atoms with Crippen LogP contribution in [0, 0.1) is 0 Å². The highest BCUT2D eigenvalue weighted by Crippen LogP contribution is 2.56. The van der Waals surface area contributed by atoms with Gasteiger partial charge in [-0.15, -0.1) is 0 Å². The Kier molecular flexibility index (Phi) is 4.19. The molecule has 9 nitrogen and oxygen atoms in total. The number of rotatable bonds is 4. The molecule has 30 heavy (non-hydrogen) atoms. The van der Waals surface area contributed by atoms with Gasteiger partial charge in [0.1, 0.15) is 22.1 Å². The van der Waals surface area contributed by atoms with Gasteiger partial charge in [-0.05, 0) is 43.5 Å². The number of aromatic amines is 1. The summed E-state index contributed by atoms with van der Waals surface area (Å²) in [5.74, 6) is 0.547. The minimum atomic E-state index is -4.08. The fourth-order valence-electron chi connectivity index (χ4n) is 4.31. The van der Waals surface area contributed by atoms with Crippen LogP contribution in [0.5, 0.6) is 0 Å². The van der Waals surface area contributed by atoms with Crippen molar-refractivity contribution in [1.29, 1.82) is 0 Å². The van der Waals surface area contributed by atoms with Crippen LogP contribution >= 0.6 is 0 Å². The van der Waals surface area contributed by atoms with Gasteiger partial charge in [-0.1, -0.05) is 0 Å². The molecule has 2 aromatic rings. The molecular weight excluding hydrogens is 428 g/mol. The number of nitrogens with one attached hydrogen (secondary N) is 1. The monoisotopic (exact) mass is 450 g/mol. The standard InChI is InChI=1S/C19H22N4O5S2/c1-12-11-28-9-8-23(12)15-10-13(19(5-6-19)29(2,24)25)18-17(21-15)16(22-30(18,26)27)14-4-3-7-20-14/h3-4,7,10,12,20H,5-6,8-9,11H2,1-2H3/t12-/m1/s1. The van der Waals surface area contributed by atoms with E-state index < -0.39 is 24.6 Å². The second-order valence-electron chi connectivity index (χ2n) is 8.09. The molecule has 11 heteroatoms. The molecule has 0 radical (unpaired) electrons. The molecule has 4 heterocycles. The van der Waals surface area contributed by atoms with Crippen molar-refractivity contribution in [1.82, 2.24) is 9.97 Å². The zero-order valence-corrected chi connectivity index (χ0v) is 18.3. The zero-order valence-electron chi connectivity index (χ0n) is 16.6. The molecular formula is C19H22N4O5S2. The smallest absolute Gasteiger partial charge is 0.285 e. The summed E-state index contributed by atoms with van der Waals surface area (Å²) in [4.78, 5) is 9.62. The van der Waals surface area contributed by atoms with Crippen molar-refractivity contribution in [3.63, 3.8) is 0 Å². The van der Waals surface area contributed by atoms with Gasteiger partial charge in [0, 0.05) is 19.0 Å². The molecule has 1 aliphatic carbocycles. The Morgan fingerprint density at radius 1 is 1.33 bits per heavy atom. The van der Waals surface area contributed by atoms with E-state index in [9.17, 15) is 16.8 Å². The number of sulfone groups is 1. The van der Waals surface area contributed by atoms with E-state index >= 15 is 0 Å². The van der Waals surface area contributed by atoms with Gasteiger partial charge in [-0.2, -0.15) is 12.8 Å². The molecule has 2 aromatic heterocycles. The first-order valence-electron chi connectivity index (χ1n) is 9.73. The van der Waals surface area contributed by atoms with Gasteiger partial charge in [-0.3, -0.25) is 0 Å². The van der Waals surface area contributed by atoms with Crippen molar-refractivity contribution in [3.05, 3.63) is 41.3 Å². The van der Waals surface area contributed by atoms with Crippen LogP contribution in [-0.4, -0.2) is 64.6 Å². The van der Waals surface area contributed by atoms with Crippen LogP contribution < -0.4 is 4.90 Å². The van der Waals surface area contributed by atoms with Crippen LogP contribution in [0.4, 0.5) is 5.82 Å². The van der Waals surface area contributed by atoms with Crippen LogP contribution in [0.2, 0.25) is 0 Å². The number of fused-ring (bicyclic) bond motifs is 1. The van der Waals surface area contributed by atoms with Crippen LogP contribution in [0.3, 0.4) is 0 Å². The van der Waals surface area contributed by atoms with E-state index in [2.05, 4.69) is 14.4 Å². The predicted octanol–water partition coefficient (Wildman–Crippen LogP) is 1.21. The first-order valence-corrected chi connectivity index (χ1v) is 13.1. The van der Waals surface area contributed by atoms with E-state index in [0.29, 0.717) is 44.1 Å². The maximum Gasteiger partial charge on any atom is 0.285 e. The van der Waals surface area contributed by atoms with Crippen LogP contribution in [0.1, 0.15) is 36.7 Å². The molecule has 2 fully saturated rings. The minimum Gasteiger partial charge on any atom is -0.377 e. The third-order valence-corrected chi connectivity index (χ3v) is 9.47. The maximum atomic E-state index is 13.1. The van der Waals surface area contributed by atoms with Gasteiger partial charge in [0.05, 0.1) is 29.7 Å². The lowest BCUT2D eigenvalue weighted by Crippen LogP contribution is -2.44. The number of nitrogens with zero attached hydrogens (tertiary/aromatic N) is 3. The number of aromatic nitrogens is 2. The van der Waals surface area contributed by atoms with E-state index in [-0.39, 0.29) is 27.9 Å². The minimum absolute atomic E-state index is 0.0226. The molecule has 3 aliphatic rings. The summed E-state index contributed by atoms with van der Waals surface area (Å²) in [7, 11) is -7.62. The van der Waals surface area contributed by atoms with E-state index in [1.54, 1.807) is 24.4 Å². The topological polar surface area (TPSA) is 122 Å². The average molecular weight is 451 g/mol. The molecule has 1 saturated carbocycles. The quantitative estimate of drug-likeness (QED) is 0.743. The highest BCUT2D eigenvalue weighted by Gasteiger charge is 2.57. The first-order chi connectivity index (χ1) is 14.1. The fourth-order valence-corrected chi connectivity index (χ4v) is 7.22. The Morgan fingerprint density at radius 3 is 2.70 bits per heavy atom. The average Bonchev–Trinajstić information content (AvgIpc) is 3.25. The van der Waals surface area contributed by atoms with Crippen LogP contribution in [0.15, 0.2) is 33.7 Å². The normalized spacial score (nSPS) is 24.4. The SMILES string of the molecule is C[C@@H]1COCCN1c1cc(C2(S(C)(=O)=O)CC2)c2c(n1)C(c1ccc[nH]1)=NS2(=O)=O. The van der Waals surface area contributed by atoms with Gasteiger partial charge in [0.15, 0.2) is 9.84 Å². The van der Waals surface area contributed by atoms with Gasteiger partial charge >= 0.3 is 0 Å². The molecule has 160 valence electrons.